The van der Waals surface area contributed by atoms with Crippen LogP contribution in [0.25, 0.3) is 6.08 Å². The second kappa shape index (κ2) is 13.1. The number of carbonyl (C=O) groups excluding carboxylic acids is 2. The van der Waals surface area contributed by atoms with Crippen LogP contribution in [0.15, 0.2) is 117 Å². The van der Waals surface area contributed by atoms with Gasteiger partial charge in [0, 0.05) is 12.2 Å². The number of esters is 1. The van der Waals surface area contributed by atoms with Gasteiger partial charge < -0.3 is 14.1 Å². The minimum absolute atomic E-state index is 0.0445. The van der Waals surface area contributed by atoms with E-state index in [4.69, 9.17) is 9.15 Å². The van der Waals surface area contributed by atoms with E-state index in [1.165, 1.54) is 17.5 Å². The number of rotatable bonds is 10. The van der Waals surface area contributed by atoms with Crippen molar-refractivity contribution in [3.05, 3.63) is 142 Å². The van der Waals surface area contributed by atoms with Crippen molar-refractivity contribution in [3.63, 3.8) is 0 Å². The van der Waals surface area contributed by atoms with Gasteiger partial charge in [0.05, 0.1) is 35.7 Å². The van der Waals surface area contributed by atoms with Gasteiger partial charge in [-0.3, -0.25) is 4.79 Å². The second-order valence-corrected chi connectivity index (χ2v) is 13.1. The maximum atomic E-state index is 13.8. The molecule has 9 heteroatoms. The normalized spacial score (nSPS) is 15.3. The van der Waals surface area contributed by atoms with Crippen molar-refractivity contribution in [1.82, 2.24) is 9.21 Å². The van der Waals surface area contributed by atoms with E-state index >= 15 is 0 Å². The number of hydrogen-bond acceptors (Lipinski definition) is 6. The number of ether oxygens (including phenoxy) is 1. The number of hydrogen-bond donors (Lipinski definition) is 0. The van der Waals surface area contributed by atoms with Gasteiger partial charge >= 0.3 is 5.97 Å². The molecule has 0 unspecified atom stereocenters. The van der Waals surface area contributed by atoms with Gasteiger partial charge in [-0.25, -0.2) is 13.2 Å². The molecular formula is C36H36N2O6S. The molecule has 0 saturated heterocycles. The lowest BCUT2D eigenvalue weighted by Crippen LogP contribution is -2.30. The number of amides is 1. The Hall–Kier alpha value is -4.73. The van der Waals surface area contributed by atoms with Crippen LogP contribution < -0.4 is 0 Å². The fraction of sp³-hybridized carbons (Fsp3) is 0.222. The third-order valence-corrected chi connectivity index (χ3v) is 9.75. The van der Waals surface area contributed by atoms with Crippen molar-refractivity contribution in [3.8, 4) is 0 Å². The van der Waals surface area contributed by atoms with E-state index < -0.39 is 16.0 Å². The molecule has 0 aliphatic carbocycles. The van der Waals surface area contributed by atoms with Crippen molar-refractivity contribution in [1.29, 1.82) is 0 Å². The third-order valence-electron chi connectivity index (χ3n) is 7.94. The van der Waals surface area contributed by atoms with Gasteiger partial charge in [0.1, 0.15) is 11.5 Å². The van der Waals surface area contributed by atoms with Crippen LogP contribution in [0.3, 0.4) is 0 Å². The quantitative estimate of drug-likeness (QED) is 0.144. The molecule has 1 amide bonds. The first kappa shape index (κ1) is 31.7. The second-order valence-electron chi connectivity index (χ2n) is 11.1. The topological polar surface area (TPSA) is 97.1 Å². The summed E-state index contributed by atoms with van der Waals surface area (Å²) in [4.78, 5) is 28.4. The first-order valence-corrected chi connectivity index (χ1v) is 16.0. The van der Waals surface area contributed by atoms with Gasteiger partial charge in [-0.05, 0) is 69.2 Å². The lowest BCUT2D eigenvalue weighted by molar-refractivity contribution is -0.136. The molecule has 0 saturated carbocycles. The van der Waals surface area contributed by atoms with Crippen LogP contribution in [0.1, 0.15) is 53.7 Å². The molecule has 0 fully saturated rings. The van der Waals surface area contributed by atoms with Crippen molar-refractivity contribution in [2.45, 2.75) is 51.7 Å². The maximum absolute atomic E-state index is 13.8. The Balaban J connectivity index is 1.47. The van der Waals surface area contributed by atoms with Crippen molar-refractivity contribution >= 4 is 28.0 Å². The molecule has 2 heterocycles. The number of benzene rings is 3. The highest BCUT2D eigenvalue weighted by atomic mass is 32.2. The smallest absolute Gasteiger partial charge is 0.340 e. The molecular weight excluding hydrogens is 588 g/mol. The van der Waals surface area contributed by atoms with Gasteiger partial charge in [0.15, 0.2) is 0 Å². The molecule has 0 bridgehead atoms. The number of carbonyl (C=O) groups is 2. The summed E-state index contributed by atoms with van der Waals surface area (Å²) in [5.41, 5.74) is 4.56. The highest BCUT2D eigenvalue weighted by molar-refractivity contribution is 7.89. The van der Waals surface area contributed by atoms with Gasteiger partial charge in [0.2, 0.25) is 10.0 Å². The molecule has 3 aromatic carbocycles. The minimum Gasteiger partial charge on any atom is -0.465 e. The lowest BCUT2D eigenvalue weighted by Gasteiger charge is -2.26. The molecule has 1 aliphatic heterocycles. The lowest BCUT2D eigenvalue weighted by atomic mass is 10.1. The zero-order chi connectivity index (χ0) is 32.3. The van der Waals surface area contributed by atoms with Gasteiger partial charge in [-0.15, -0.1) is 0 Å². The van der Waals surface area contributed by atoms with E-state index in [-0.39, 0.29) is 41.1 Å². The summed E-state index contributed by atoms with van der Waals surface area (Å²) in [7, 11) is -2.62. The first-order chi connectivity index (χ1) is 21.5. The van der Waals surface area contributed by atoms with Gasteiger partial charge in [-0.2, -0.15) is 4.31 Å². The molecule has 4 aromatic rings. The van der Waals surface area contributed by atoms with Crippen LogP contribution in [0.4, 0.5) is 0 Å². The van der Waals surface area contributed by atoms with Crippen LogP contribution in [-0.2, 0) is 37.4 Å². The predicted octanol–water partition coefficient (Wildman–Crippen LogP) is 6.72. The summed E-state index contributed by atoms with van der Waals surface area (Å²) < 4.78 is 40.1. The molecule has 232 valence electrons. The standard InChI is InChI=1S/C36H36N2O6S/c1-24-11-15-28(16-12-24)22-37(45(41,42)32-19-13-25(2)14-20-32)23-31-18-17-30(44-31)21-33-34(36(40)43-5)27(4)38(35(33)39)26(3)29-9-7-6-8-10-29/h6-21,26H,22-23H2,1-5H3/b33-21+/t26-/m1/s1. The number of furan rings is 1. The van der Waals surface area contributed by atoms with E-state index in [1.54, 1.807) is 48.2 Å². The Labute approximate surface area is 264 Å². The monoisotopic (exact) mass is 624 g/mol. The molecule has 8 nitrogen and oxygen atoms in total. The summed E-state index contributed by atoms with van der Waals surface area (Å²) >= 11 is 0. The molecule has 45 heavy (non-hydrogen) atoms. The van der Waals surface area contributed by atoms with Crippen molar-refractivity contribution in [2.24, 2.45) is 0 Å². The molecule has 1 atom stereocenters. The van der Waals surface area contributed by atoms with E-state index in [0.717, 1.165) is 22.3 Å². The van der Waals surface area contributed by atoms with Crippen molar-refractivity contribution < 1.29 is 27.2 Å². The molecule has 0 radical (unpaired) electrons. The van der Waals surface area contributed by atoms with E-state index in [9.17, 15) is 18.0 Å². The average molecular weight is 625 g/mol. The van der Waals surface area contributed by atoms with E-state index in [0.29, 0.717) is 17.2 Å². The average Bonchev–Trinajstić information content (AvgIpc) is 3.58. The van der Waals surface area contributed by atoms with Gasteiger partial charge in [0.25, 0.3) is 5.91 Å². The number of sulfonamides is 1. The highest BCUT2D eigenvalue weighted by Gasteiger charge is 2.40. The first-order valence-electron chi connectivity index (χ1n) is 14.6. The maximum Gasteiger partial charge on any atom is 0.340 e. The summed E-state index contributed by atoms with van der Waals surface area (Å²) in [5.74, 6) is -0.301. The van der Waals surface area contributed by atoms with Crippen LogP contribution in [0, 0.1) is 13.8 Å². The van der Waals surface area contributed by atoms with Crippen molar-refractivity contribution in [2.75, 3.05) is 7.11 Å². The number of methoxy groups -OCH3 is 1. The highest BCUT2D eigenvalue weighted by Crippen LogP contribution is 2.38. The largest absolute Gasteiger partial charge is 0.465 e. The molecule has 5 rings (SSSR count). The third kappa shape index (κ3) is 6.69. The summed E-state index contributed by atoms with van der Waals surface area (Å²) in [6.45, 7) is 7.58. The van der Waals surface area contributed by atoms with Crippen LogP contribution in [0.2, 0.25) is 0 Å². The SMILES string of the molecule is COC(=O)C1=C(C)N([C@H](C)c2ccccc2)C(=O)/C1=C/c1ccc(CN(Cc2ccc(C)cc2)S(=O)(=O)c2ccc(C)cc2)o1. The summed E-state index contributed by atoms with van der Waals surface area (Å²) in [6.07, 6.45) is 1.51. The fourth-order valence-electron chi connectivity index (χ4n) is 5.40. The Morgan fingerprint density at radius 2 is 1.51 bits per heavy atom. The van der Waals surface area contributed by atoms with Crippen LogP contribution in [0.5, 0.6) is 0 Å². The fourth-order valence-corrected chi connectivity index (χ4v) is 6.79. The number of allylic oxidation sites excluding steroid dienone is 1. The molecule has 0 spiro atoms. The molecule has 0 N–H and O–H groups in total. The zero-order valence-corrected chi connectivity index (χ0v) is 26.8. The number of aryl methyl sites for hydroxylation is 2. The van der Waals surface area contributed by atoms with Crippen LogP contribution >= 0.6 is 0 Å². The van der Waals surface area contributed by atoms with Crippen LogP contribution in [-0.4, -0.2) is 36.6 Å². The summed E-state index contributed by atoms with van der Waals surface area (Å²) in [6, 6.07) is 27.0. The Morgan fingerprint density at radius 1 is 0.889 bits per heavy atom. The van der Waals surface area contributed by atoms with E-state index in [2.05, 4.69) is 0 Å². The minimum atomic E-state index is -3.89. The zero-order valence-electron chi connectivity index (χ0n) is 26.0. The van der Waals surface area contributed by atoms with E-state index in [1.807, 2.05) is 75.4 Å². The Kier molecular flexibility index (Phi) is 9.22. The van der Waals surface area contributed by atoms with Gasteiger partial charge in [-0.1, -0.05) is 77.9 Å². The molecule has 1 aliphatic rings. The number of nitrogens with zero attached hydrogens (tertiary/aromatic N) is 2. The Morgan fingerprint density at radius 3 is 2.13 bits per heavy atom. The summed E-state index contributed by atoms with van der Waals surface area (Å²) in [5, 5.41) is 0. The molecule has 1 aromatic heterocycles. The Bertz CT molecular complexity index is 1870. The predicted molar refractivity (Wildman–Crippen MR) is 172 cm³/mol.